The Morgan fingerprint density at radius 3 is 1.82 bits per heavy atom. The molecular formula is C75H116F8N12O13. The molecule has 25 nitrogen and oxygen atoms in total. The van der Waals surface area contributed by atoms with Gasteiger partial charge in [-0.1, -0.05) is 59.1 Å². The highest BCUT2D eigenvalue weighted by molar-refractivity contribution is 6.01. The zero-order valence-corrected chi connectivity index (χ0v) is 65.0. The molecule has 108 heavy (non-hydrogen) atoms. The number of carbonyl (C=O) groups is 12. The van der Waals surface area contributed by atoms with Crippen LogP contribution < -0.4 is 16.0 Å². The predicted molar refractivity (Wildman–Crippen MR) is 381 cm³/mol. The first-order chi connectivity index (χ1) is 50.6. The molecule has 0 aromatic rings. The Kier molecular flexibility index (Phi) is 30.7. The number of halogens is 8. The van der Waals surface area contributed by atoms with Gasteiger partial charge in [-0.2, -0.15) is 26.3 Å². The summed E-state index contributed by atoms with van der Waals surface area (Å²) in [5.41, 5.74) is -1.69. The minimum absolute atomic E-state index is 0.00525. The lowest BCUT2D eigenvalue weighted by Gasteiger charge is -2.46. The Labute approximate surface area is 629 Å². The van der Waals surface area contributed by atoms with Crippen molar-refractivity contribution < 1.29 is 97.4 Å². The Balaban J connectivity index is 1.33. The van der Waals surface area contributed by atoms with Crippen LogP contribution in [-0.4, -0.2) is 288 Å². The summed E-state index contributed by atoms with van der Waals surface area (Å²) in [5.74, 6) is -17.4. The Morgan fingerprint density at radius 1 is 0.648 bits per heavy atom. The number of carbonyl (C=O) groups excluding carboxylic acids is 12. The van der Waals surface area contributed by atoms with E-state index < -0.39 is 236 Å². The summed E-state index contributed by atoms with van der Waals surface area (Å²) >= 11 is 0. The van der Waals surface area contributed by atoms with E-state index in [1.165, 1.54) is 64.0 Å². The molecule has 7 rings (SSSR count). The highest BCUT2D eigenvalue weighted by Gasteiger charge is 2.56. The molecule has 7 aliphatic rings. The summed E-state index contributed by atoms with van der Waals surface area (Å²) < 4.78 is 121. The number of nitrogens with zero attached hydrogens (tertiary/aromatic N) is 9. The third kappa shape index (κ3) is 20.9. The van der Waals surface area contributed by atoms with Crippen LogP contribution in [0.4, 0.5) is 35.1 Å². The molecule has 2 saturated heterocycles. The second-order valence-electron chi connectivity index (χ2n) is 31.8. The van der Waals surface area contributed by atoms with Crippen LogP contribution in [0.5, 0.6) is 0 Å². The van der Waals surface area contributed by atoms with E-state index in [2.05, 4.69) is 16.0 Å². The number of fused-ring (bicyclic) bond motifs is 3. The van der Waals surface area contributed by atoms with Crippen molar-refractivity contribution in [1.29, 1.82) is 0 Å². The van der Waals surface area contributed by atoms with Crippen molar-refractivity contribution in [3.63, 3.8) is 0 Å². The van der Waals surface area contributed by atoms with Gasteiger partial charge in [-0.3, -0.25) is 57.5 Å². The van der Waals surface area contributed by atoms with Crippen LogP contribution in [-0.2, 0) is 62.3 Å². The molecule has 33 heteroatoms. The van der Waals surface area contributed by atoms with Crippen molar-refractivity contribution in [3.8, 4) is 0 Å². The number of rotatable bonds is 13. The van der Waals surface area contributed by atoms with Crippen LogP contribution in [0.3, 0.4) is 0 Å². The Hall–Kier alpha value is -7.22. The Bertz CT molecular complexity index is 3230. The number of hydrogen-bond acceptors (Lipinski definition) is 13. The lowest BCUT2D eigenvalue weighted by Crippen LogP contribution is -2.68. The number of nitrogens with one attached hydrogen (secondary N) is 3. The predicted octanol–water partition coefficient (Wildman–Crippen LogP) is 6.35. The maximum absolute atomic E-state index is 15.6. The maximum Gasteiger partial charge on any atom is 0.397 e. The van der Waals surface area contributed by atoms with E-state index in [1.807, 2.05) is 0 Å². The number of ether oxygens (including phenoxy) is 1. The summed E-state index contributed by atoms with van der Waals surface area (Å²) in [7, 11) is 9.47. The minimum Gasteiger partial charge on any atom is -0.377 e. The van der Waals surface area contributed by atoms with Gasteiger partial charge in [0.15, 0.2) is 0 Å². The standard InChI is InChI=1S/C75H116F8N12O13/c1-14-44(6)61-70(105)89(9)42-59(98)90(10)53-25-18-17-21-34-94(69(53)104)56(37-45-26-29-48(30-27-45)74(78,79)80)68(103)88(8)41-57(96)84-52(31-28-46-35-50(76)60(51(77)36-46)75(81,82)83)66(101)95-40-49(108-16-3)38-54(95)64(99)86-73(32-22-33-73)72(107)93(13)63(47-23-19-20-24-47)71(106)91(11)55(67(102)87(7)15-2)39-58(97)92(12)62(43(4)5)65(100)85-61/h17-18,43-56,60-63H,14-16,19-42H2,1-13H3,(H,84,96)(H,85,100)(H,86,99)/b18-17-/t44-,45?,46?,48?,49+,50?,51?,52-,53-,54-,55-,56-,60?,61-,62-,63-/m0/s1. The van der Waals surface area contributed by atoms with Crippen molar-refractivity contribution in [3.05, 3.63) is 12.2 Å². The van der Waals surface area contributed by atoms with Gasteiger partial charge in [0, 0.05) is 82.0 Å². The number of hydrogen-bond donors (Lipinski definition) is 3. The van der Waals surface area contributed by atoms with Crippen LogP contribution in [0, 0.1) is 41.4 Å². The zero-order chi connectivity index (χ0) is 80.4. The summed E-state index contributed by atoms with van der Waals surface area (Å²) in [6, 6.07) is -11.4. The van der Waals surface area contributed by atoms with E-state index in [-0.39, 0.29) is 96.9 Å². The molecule has 4 aliphatic carbocycles. The molecule has 12 atom stereocenters. The summed E-state index contributed by atoms with van der Waals surface area (Å²) in [6.45, 7) is 8.41. The number of alkyl halides is 8. The first-order valence-corrected chi connectivity index (χ1v) is 38.6. The van der Waals surface area contributed by atoms with Gasteiger partial charge in [-0.25, -0.2) is 8.78 Å². The fourth-order valence-corrected chi connectivity index (χ4v) is 17.1. The van der Waals surface area contributed by atoms with E-state index in [9.17, 15) is 55.1 Å². The fraction of sp³-hybridized carbons (Fsp3) is 0.813. The molecule has 3 aliphatic heterocycles. The van der Waals surface area contributed by atoms with Crippen LogP contribution in [0.25, 0.3) is 0 Å². The average molecular weight is 1550 g/mol. The van der Waals surface area contributed by atoms with Crippen molar-refractivity contribution in [1.82, 2.24) is 60.0 Å². The van der Waals surface area contributed by atoms with Gasteiger partial charge in [0.2, 0.25) is 70.9 Å². The largest absolute Gasteiger partial charge is 0.397 e. The molecule has 12 amide bonds. The number of likely N-dealkylation sites (N-methyl/N-ethyl adjacent to an activating group) is 7. The SMILES string of the molecule is CCO[C@@H]1C[C@H]2C(=O)NC3(CCC3)C(=O)N(C)[C@@H](C3CCCC3)C(=O)N(C)[C@H](C(=O)N(C)CC)CC(=O)N(C)[C@@H](C(C)C)C(=O)N[C@@H]([C@@H](C)CC)C(=O)N(C)CC(=O)N(C)[C@H]3C/C=C\CCN(C3=O)[C@@H](CC3CCC(C(F)(F)F)CC3)C(=O)N(C)CC(=O)N[C@@H](CCC3CC(F)C(C(F)(F)F)C(F)C3)C(=O)N2C1. The summed E-state index contributed by atoms with van der Waals surface area (Å²) in [5, 5.41) is 8.39. The van der Waals surface area contributed by atoms with E-state index in [0.29, 0.717) is 38.5 Å². The molecule has 0 radical (unpaired) electrons. The van der Waals surface area contributed by atoms with Gasteiger partial charge in [-0.15, -0.1) is 0 Å². The zero-order valence-electron chi connectivity index (χ0n) is 65.0. The van der Waals surface area contributed by atoms with Gasteiger partial charge >= 0.3 is 12.4 Å². The van der Waals surface area contributed by atoms with Crippen molar-refractivity contribution in [2.45, 2.75) is 261 Å². The summed E-state index contributed by atoms with van der Waals surface area (Å²) in [4.78, 5) is 192. The quantitative estimate of drug-likeness (QED) is 0.134. The van der Waals surface area contributed by atoms with Gasteiger partial charge in [0.25, 0.3) is 0 Å². The third-order valence-corrected chi connectivity index (χ3v) is 24.2. The first-order valence-electron chi connectivity index (χ1n) is 38.6. The molecule has 2 bridgehead atoms. The molecular weight excluding hydrogens is 1430 g/mol. The van der Waals surface area contributed by atoms with Gasteiger partial charge < -0.3 is 64.8 Å². The van der Waals surface area contributed by atoms with E-state index in [1.54, 1.807) is 53.7 Å². The van der Waals surface area contributed by atoms with Crippen LogP contribution >= 0.6 is 0 Å². The first kappa shape index (κ1) is 88.0. The highest BCUT2D eigenvalue weighted by atomic mass is 19.4. The Morgan fingerprint density at radius 2 is 1.27 bits per heavy atom. The fourth-order valence-electron chi connectivity index (χ4n) is 17.1. The molecule has 6 fully saturated rings. The van der Waals surface area contributed by atoms with Gasteiger partial charge in [-0.05, 0) is 146 Å². The smallest absolute Gasteiger partial charge is 0.377 e. The molecule has 3 N–H and O–H groups in total. The van der Waals surface area contributed by atoms with Crippen molar-refractivity contribution in [2.24, 2.45) is 41.4 Å². The molecule has 0 aromatic heterocycles. The molecule has 3 heterocycles. The second-order valence-corrected chi connectivity index (χ2v) is 31.8. The molecule has 0 aromatic carbocycles. The van der Waals surface area contributed by atoms with E-state index in [0.717, 1.165) is 29.4 Å². The van der Waals surface area contributed by atoms with Crippen LogP contribution in [0.15, 0.2) is 12.2 Å². The highest BCUT2D eigenvalue weighted by Crippen LogP contribution is 2.46. The maximum atomic E-state index is 15.6. The molecule has 2 unspecified atom stereocenters. The van der Waals surface area contributed by atoms with Crippen molar-refractivity contribution >= 4 is 70.9 Å². The van der Waals surface area contributed by atoms with E-state index in [4.69, 9.17) is 4.74 Å². The van der Waals surface area contributed by atoms with Crippen LogP contribution in [0.1, 0.15) is 176 Å². The van der Waals surface area contributed by atoms with Gasteiger partial charge in [0.1, 0.15) is 72.1 Å². The van der Waals surface area contributed by atoms with E-state index >= 15 is 37.5 Å². The lowest BCUT2D eigenvalue weighted by molar-refractivity contribution is -0.219. The average Bonchev–Trinajstić information content (AvgIpc) is 1.17. The lowest BCUT2D eigenvalue weighted by atomic mass is 9.74. The minimum atomic E-state index is -5.22. The third-order valence-electron chi connectivity index (χ3n) is 24.2. The number of amides is 12. The molecule has 4 saturated carbocycles. The van der Waals surface area contributed by atoms with Crippen LogP contribution in [0.2, 0.25) is 0 Å². The topological polar surface area (TPSA) is 279 Å². The summed E-state index contributed by atoms with van der Waals surface area (Å²) in [6.07, 6.45) is -13.3. The monoisotopic (exact) mass is 1540 g/mol. The molecule has 1 spiro atoms. The normalized spacial score (nSPS) is 32.0. The van der Waals surface area contributed by atoms with Crippen molar-refractivity contribution in [2.75, 3.05) is 88.7 Å². The van der Waals surface area contributed by atoms with Gasteiger partial charge in [0.05, 0.1) is 31.5 Å². The molecule has 610 valence electrons. The second kappa shape index (κ2) is 37.7.